The molecular weight excluding hydrogens is 252 g/mol. The van der Waals surface area contributed by atoms with Crippen LogP contribution in [-0.4, -0.2) is 18.2 Å². The monoisotopic (exact) mass is 262 g/mol. The molecule has 0 amide bonds. The topological polar surface area (TPSA) is 46.5 Å². The molecule has 0 radical (unpaired) electrons. The zero-order chi connectivity index (χ0) is 13.1. The Kier molecular flexibility index (Phi) is 3.53. The average molecular weight is 263 g/mol. The van der Waals surface area contributed by atoms with E-state index in [-0.39, 0.29) is 16.3 Å². The van der Waals surface area contributed by atoms with Crippen LogP contribution < -0.4 is 0 Å². The van der Waals surface area contributed by atoms with Crippen LogP contribution in [0.4, 0.5) is 0 Å². The summed E-state index contributed by atoms with van der Waals surface area (Å²) in [6.45, 7) is 0. The third kappa shape index (κ3) is 2.31. The van der Waals surface area contributed by atoms with Gasteiger partial charge >= 0.3 is 5.97 Å². The van der Waals surface area contributed by atoms with Gasteiger partial charge in [-0.3, -0.25) is 0 Å². The van der Waals surface area contributed by atoms with Gasteiger partial charge in [-0.05, 0) is 17.7 Å². The molecule has 0 spiro atoms. The maximum Gasteiger partial charge on any atom is 0.339 e. The Labute approximate surface area is 110 Å². The molecule has 0 aliphatic rings. The number of esters is 1. The maximum atomic E-state index is 11.6. The quantitative estimate of drug-likeness (QED) is 0.843. The van der Waals surface area contributed by atoms with Crippen molar-refractivity contribution >= 4 is 17.6 Å². The van der Waals surface area contributed by atoms with Crippen LogP contribution >= 0.6 is 11.6 Å². The first kappa shape index (κ1) is 12.5. The number of benzene rings is 2. The predicted octanol–water partition coefficient (Wildman–Crippen LogP) is 3.50. The molecule has 4 heteroatoms. The summed E-state index contributed by atoms with van der Waals surface area (Å²) in [6, 6.07) is 12.1. The van der Waals surface area contributed by atoms with Crippen LogP contribution in [0.1, 0.15) is 10.4 Å². The number of hydrogen-bond donors (Lipinski definition) is 1. The highest BCUT2D eigenvalue weighted by Crippen LogP contribution is 2.34. The summed E-state index contributed by atoms with van der Waals surface area (Å²) in [7, 11) is 1.27. The molecule has 0 saturated carbocycles. The molecule has 2 aromatic carbocycles. The van der Waals surface area contributed by atoms with Crippen LogP contribution in [0.15, 0.2) is 42.5 Å². The van der Waals surface area contributed by atoms with E-state index in [0.717, 1.165) is 5.56 Å². The average Bonchev–Trinajstić information content (AvgIpc) is 2.41. The molecule has 3 nitrogen and oxygen atoms in total. The zero-order valence-corrected chi connectivity index (χ0v) is 10.4. The Morgan fingerprint density at radius 3 is 2.50 bits per heavy atom. The molecule has 0 unspecified atom stereocenters. The lowest BCUT2D eigenvalue weighted by atomic mass is 10.0. The smallest absolute Gasteiger partial charge is 0.339 e. The number of carbonyl (C=O) groups excluding carboxylic acids is 1. The number of methoxy groups -OCH3 is 1. The summed E-state index contributed by atoms with van der Waals surface area (Å²) in [5.41, 5.74) is 1.57. The first-order valence-corrected chi connectivity index (χ1v) is 5.67. The van der Waals surface area contributed by atoms with Crippen molar-refractivity contribution in [2.45, 2.75) is 0 Å². The molecule has 0 saturated heterocycles. The van der Waals surface area contributed by atoms with Crippen LogP contribution in [0.25, 0.3) is 11.1 Å². The number of rotatable bonds is 2. The zero-order valence-electron chi connectivity index (χ0n) is 9.68. The fourth-order valence-corrected chi connectivity index (χ4v) is 1.99. The lowest BCUT2D eigenvalue weighted by Crippen LogP contribution is -2.02. The van der Waals surface area contributed by atoms with Gasteiger partial charge in [-0.1, -0.05) is 41.9 Å². The third-order valence-electron chi connectivity index (χ3n) is 2.55. The standard InChI is InChI=1S/C14H11ClO3/c1-18-14(17)12-8-10(16)7-11(13(12)15)9-5-3-2-4-6-9/h2-8,16H,1H3. The maximum absolute atomic E-state index is 11.6. The van der Waals surface area contributed by atoms with Crippen molar-refractivity contribution < 1.29 is 14.6 Å². The van der Waals surface area contributed by atoms with Crippen molar-refractivity contribution in [3.63, 3.8) is 0 Å². The summed E-state index contributed by atoms with van der Waals surface area (Å²) in [5.74, 6) is -0.605. The Morgan fingerprint density at radius 2 is 1.89 bits per heavy atom. The van der Waals surface area contributed by atoms with Crippen LogP contribution in [-0.2, 0) is 4.74 Å². The molecule has 0 bridgehead atoms. The molecule has 0 aromatic heterocycles. The van der Waals surface area contributed by atoms with E-state index in [1.165, 1.54) is 19.2 Å². The van der Waals surface area contributed by atoms with Crippen LogP contribution in [0.5, 0.6) is 5.75 Å². The lowest BCUT2D eigenvalue weighted by Gasteiger charge is -2.09. The molecule has 0 heterocycles. The lowest BCUT2D eigenvalue weighted by molar-refractivity contribution is 0.0600. The SMILES string of the molecule is COC(=O)c1cc(O)cc(-c2ccccc2)c1Cl. The van der Waals surface area contributed by atoms with E-state index >= 15 is 0 Å². The Hall–Kier alpha value is -2.00. The number of phenols is 1. The van der Waals surface area contributed by atoms with Crippen LogP contribution in [0, 0.1) is 0 Å². The number of carbonyl (C=O) groups is 1. The summed E-state index contributed by atoms with van der Waals surface area (Å²) in [6.07, 6.45) is 0. The molecule has 0 aliphatic heterocycles. The highest BCUT2D eigenvalue weighted by atomic mass is 35.5. The number of aromatic hydroxyl groups is 1. The van der Waals surface area contributed by atoms with Gasteiger partial charge in [-0.25, -0.2) is 4.79 Å². The van der Waals surface area contributed by atoms with E-state index < -0.39 is 5.97 Å². The molecule has 0 fully saturated rings. The van der Waals surface area contributed by atoms with Gasteiger partial charge < -0.3 is 9.84 Å². The van der Waals surface area contributed by atoms with Gasteiger partial charge in [0.2, 0.25) is 0 Å². The van der Waals surface area contributed by atoms with Crippen molar-refractivity contribution in [3.8, 4) is 16.9 Å². The summed E-state index contributed by atoms with van der Waals surface area (Å²) >= 11 is 6.18. The van der Waals surface area contributed by atoms with Crippen LogP contribution in [0.2, 0.25) is 5.02 Å². The number of ether oxygens (including phenoxy) is 1. The second-order valence-electron chi connectivity index (χ2n) is 3.71. The number of hydrogen-bond acceptors (Lipinski definition) is 3. The van der Waals surface area contributed by atoms with Gasteiger partial charge in [-0.2, -0.15) is 0 Å². The minimum atomic E-state index is -0.576. The molecule has 18 heavy (non-hydrogen) atoms. The molecule has 0 aliphatic carbocycles. The molecule has 1 N–H and O–H groups in total. The van der Waals surface area contributed by atoms with E-state index in [2.05, 4.69) is 4.74 Å². The van der Waals surface area contributed by atoms with E-state index in [9.17, 15) is 9.90 Å². The van der Waals surface area contributed by atoms with E-state index in [1.54, 1.807) is 0 Å². The van der Waals surface area contributed by atoms with Gasteiger partial charge in [0.05, 0.1) is 17.7 Å². The van der Waals surface area contributed by atoms with Crippen molar-refractivity contribution in [1.29, 1.82) is 0 Å². The fourth-order valence-electron chi connectivity index (χ4n) is 1.70. The predicted molar refractivity (Wildman–Crippen MR) is 69.9 cm³/mol. The van der Waals surface area contributed by atoms with Gasteiger partial charge in [-0.15, -0.1) is 0 Å². The fraction of sp³-hybridized carbons (Fsp3) is 0.0714. The van der Waals surface area contributed by atoms with E-state index in [1.807, 2.05) is 30.3 Å². The third-order valence-corrected chi connectivity index (χ3v) is 2.95. The minimum Gasteiger partial charge on any atom is -0.508 e. The van der Waals surface area contributed by atoms with Crippen molar-refractivity contribution in [2.75, 3.05) is 7.11 Å². The highest BCUT2D eigenvalue weighted by molar-refractivity contribution is 6.36. The van der Waals surface area contributed by atoms with Crippen molar-refractivity contribution in [3.05, 3.63) is 53.1 Å². The largest absolute Gasteiger partial charge is 0.508 e. The second-order valence-corrected chi connectivity index (χ2v) is 4.09. The van der Waals surface area contributed by atoms with Gasteiger partial charge in [0, 0.05) is 5.56 Å². The van der Waals surface area contributed by atoms with Crippen molar-refractivity contribution in [1.82, 2.24) is 0 Å². The second kappa shape index (κ2) is 5.10. The van der Waals surface area contributed by atoms with E-state index in [0.29, 0.717) is 5.56 Å². The highest BCUT2D eigenvalue weighted by Gasteiger charge is 2.16. The molecule has 2 rings (SSSR count). The van der Waals surface area contributed by atoms with Crippen molar-refractivity contribution in [2.24, 2.45) is 0 Å². The molecular formula is C14H11ClO3. The Morgan fingerprint density at radius 1 is 1.22 bits per heavy atom. The molecule has 92 valence electrons. The normalized spacial score (nSPS) is 10.1. The molecule has 0 atom stereocenters. The van der Waals surface area contributed by atoms with Gasteiger partial charge in [0.15, 0.2) is 0 Å². The van der Waals surface area contributed by atoms with Crippen LogP contribution in [0.3, 0.4) is 0 Å². The van der Waals surface area contributed by atoms with Gasteiger partial charge in [0.1, 0.15) is 5.75 Å². The van der Waals surface area contributed by atoms with E-state index in [4.69, 9.17) is 11.6 Å². The summed E-state index contributed by atoms with van der Waals surface area (Å²) in [4.78, 5) is 11.6. The Balaban J connectivity index is 2.62. The first-order chi connectivity index (χ1) is 8.63. The Bertz CT molecular complexity index is 579. The number of halogens is 1. The first-order valence-electron chi connectivity index (χ1n) is 5.29. The number of phenolic OH excluding ortho intramolecular Hbond substituents is 1. The van der Waals surface area contributed by atoms with Gasteiger partial charge in [0.25, 0.3) is 0 Å². The molecule has 2 aromatic rings. The summed E-state index contributed by atoms with van der Waals surface area (Å²) < 4.78 is 4.63. The minimum absolute atomic E-state index is 0.0290. The summed E-state index contributed by atoms with van der Waals surface area (Å²) in [5, 5.41) is 9.93.